The van der Waals surface area contributed by atoms with Gasteiger partial charge in [0.2, 0.25) is 0 Å². The van der Waals surface area contributed by atoms with E-state index < -0.39 is 4.92 Å². The van der Waals surface area contributed by atoms with E-state index in [0.717, 1.165) is 0 Å². The van der Waals surface area contributed by atoms with E-state index >= 15 is 0 Å². The number of hydrogen-bond acceptors (Lipinski definition) is 4. The normalized spacial score (nSPS) is 16.9. The zero-order valence-electron chi connectivity index (χ0n) is 10.2. The Hall–Kier alpha value is -1.91. The standard InChI is InChI=1S/C13H17N3O2/c17-16(18)13-9-5-4-8-12(13)15-14-10-11-6-2-1-3-7-11/h4-5,8-11,15H,1-3,6-7H2/b14-10-. The van der Waals surface area contributed by atoms with Crippen molar-refractivity contribution in [2.24, 2.45) is 11.0 Å². The number of nitro benzene ring substituents is 1. The lowest BCUT2D eigenvalue weighted by atomic mass is 9.90. The summed E-state index contributed by atoms with van der Waals surface area (Å²) in [6.07, 6.45) is 8.03. The van der Waals surface area contributed by atoms with Gasteiger partial charge in [-0.3, -0.25) is 15.5 Å². The molecule has 0 aliphatic heterocycles. The monoisotopic (exact) mass is 247 g/mol. The van der Waals surface area contributed by atoms with Gasteiger partial charge in [0.15, 0.2) is 0 Å². The van der Waals surface area contributed by atoms with Crippen LogP contribution in [0.3, 0.4) is 0 Å². The topological polar surface area (TPSA) is 67.5 Å². The van der Waals surface area contributed by atoms with Gasteiger partial charge >= 0.3 is 0 Å². The van der Waals surface area contributed by atoms with Gasteiger partial charge < -0.3 is 0 Å². The third-order valence-corrected chi connectivity index (χ3v) is 3.22. The van der Waals surface area contributed by atoms with Crippen LogP contribution in [0.5, 0.6) is 0 Å². The number of nitrogens with zero attached hydrogens (tertiary/aromatic N) is 2. The van der Waals surface area contributed by atoms with Crippen molar-refractivity contribution >= 4 is 17.6 Å². The SMILES string of the molecule is O=[N+]([O-])c1ccccc1N/N=C\C1CCCCC1. The Bertz CT molecular complexity index is 440. The molecular formula is C13H17N3O2. The maximum absolute atomic E-state index is 10.8. The van der Waals surface area contributed by atoms with Crippen LogP contribution in [0.25, 0.3) is 0 Å². The molecule has 0 radical (unpaired) electrons. The second kappa shape index (κ2) is 6.14. The fourth-order valence-corrected chi connectivity index (χ4v) is 2.22. The molecular weight excluding hydrogens is 230 g/mol. The average Bonchev–Trinajstić information content (AvgIpc) is 2.40. The van der Waals surface area contributed by atoms with Crippen molar-refractivity contribution in [2.45, 2.75) is 32.1 Å². The first-order valence-electron chi connectivity index (χ1n) is 6.30. The van der Waals surface area contributed by atoms with Crippen molar-refractivity contribution in [3.05, 3.63) is 34.4 Å². The van der Waals surface area contributed by atoms with Crippen molar-refractivity contribution in [1.29, 1.82) is 0 Å². The summed E-state index contributed by atoms with van der Waals surface area (Å²) in [6.45, 7) is 0. The van der Waals surface area contributed by atoms with E-state index in [1.807, 2.05) is 6.21 Å². The van der Waals surface area contributed by atoms with Gasteiger partial charge in [-0.15, -0.1) is 0 Å². The smallest absolute Gasteiger partial charge is 0.272 e. The predicted molar refractivity (Wildman–Crippen MR) is 71.8 cm³/mol. The third-order valence-electron chi connectivity index (χ3n) is 3.22. The Morgan fingerprint density at radius 1 is 1.28 bits per heavy atom. The number of benzene rings is 1. The summed E-state index contributed by atoms with van der Waals surface area (Å²) in [7, 11) is 0. The van der Waals surface area contributed by atoms with Crippen molar-refractivity contribution in [3.8, 4) is 0 Å². The average molecular weight is 247 g/mol. The molecule has 0 amide bonds. The first-order chi connectivity index (χ1) is 8.77. The van der Waals surface area contributed by atoms with Crippen molar-refractivity contribution in [2.75, 3.05) is 5.43 Å². The molecule has 1 aliphatic carbocycles. The van der Waals surface area contributed by atoms with Gasteiger partial charge in [-0.05, 0) is 24.8 Å². The van der Waals surface area contributed by atoms with E-state index in [2.05, 4.69) is 10.5 Å². The van der Waals surface area contributed by atoms with Crippen molar-refractivity contribution in [3.63, 3.8) is 0 Å². The summed E-state index contributed by atoms with van der Waals surface area (Å²) < 4.78 is 0. The van der Waals surface area contributed by atoms with E-state index in [0.29, 0.717) is 11.6 Å². The predicted octanol–water partition coefficient (Wildman–Crippen LogP) is 3.57. The van der Waals surface area contributed by atoms with Gasteiger partial charge in [0.05, 0.1) is 4.92 Å². The van der Waals surface area contributed by atoms with Gasteiger partial charge in [-0.25, -0.2) is 0 Å². The molecule has 0 unspecified atom stereocenters. The number of anilines is 1. The summed E-state index contributed by atoms with van der Waals surface area (Å²) >= 11 is 0. The Balaban J connectivity index is 1.97. The van der Waals surface area contributed by atoms with Crippen LogP contribution < -0.4 is 5.43 Å². The molecule has 0 heterocycles. The number of para-hydroxylation sites is 2. The van der Waals surface area contributed by atoms with Crippen LogP contribution in [0.15, 0.2) is 29.4 Å². The molecule has 1 N–H and O–H groups in total. The summed E-state index contributed by atoms with van der Waals surface area (Å²) in [6, 6.07) is 6.54. The Morgan fingerprint density at radius 3 is 2.72 bits per heavy atom. The number of hydrazone groups is 1. The lowest BCUT2D eigenvalue weighted by molar-refractivity contribution is -0.384. The van der Waals surface area contributed by atoms with Crippen molar-refractivity contribution < 1.29 is 4.92 Å². The quantitative estimate of drug-likeness (QED) is 0.502. The van der Waals surface area contributed by atoms with Crippen LogP contribution >= 0.6 is 0 Å². The van der Waals surface area contributed by atoms with E-state index in [-0.39, 0.29) is 5.69 Å². The van der Waals surface area contributed by atoms with Crippen LogP contribution in [0.1, 0.15) is 32.1 Å². The second-order valence-corrected chi connectivity index (χ2v) is 4.56. The summed E-state index contributed by atoms with van der Waals surface area (Å²) in [5, 5.41) is 14.9. The molecule has 1 fully saturated rings. The van der Waals surface area contributed by atoms with Crippen LogP contribution in [0.2, 0.25) is 0 Å². The maximum Gasteiger partial charge on any atom is 0.294 e. The molecule has 0 aromatic heterocycles. The molecule has 1 saturated carbocycles. The lowest BCUT2D eigenvalue weighted by Gasteiger charge is -2.16. The van der Waals surface area contributed by atoms with Gasteiger partial charge in [0.1, 0.15) is 5.69 Å². The lowest BCUT2D eigenvalue weighted by Crippen LogP contribution is -2.08. The molecule has 0 bridgehead atoms. The van der Waals surface area contributed by atoms with Gasteiger partial charge in [0, 0.05) is 12.3 Å². The molecule has 1 aromatic carbocycles. The van der Waals surface area contributed by atoms with Crippen LogP contribution in [0.4, 0.5) is 11.4 Å². The number of rotatable bonds is 4. The first kappa shape index (κ1) is 12.5. The summed E-state index contributed by atoms with van der Waals surface area (Å²) in [5.41, 5.74) is 3.26. The van der Waals surface area contributed by atoms with Crippen molar-refractivity contribution in [1.82, 2.24) is 0 Å². The molecule has 0 atom stereocenters. The summed E-state index contributed by atoms with van der Waals surface area (Å²) in [5.74, 6) is 0.508. The van der Waals surface area contributed by atoms with Gasteiger partial charge in [-0.1, -0.05) is 31.4 Å². The highest BCUT2D eigenvalue weighted by atomic mass is 16.6. The van der Waals surface area contributed by atoms with Gasteiger partial charge in [0.25, 0.3) is 5.69 Å². The van der Waals surface area contributed by atoms with Crippen LogP contribution in [-0.2, 0) is 0 Å². The Morgan fingerprint density at radius 2 is 2.00 bits per heavy atom. The largest absolute Gasteiger partial charge is 0.294 e. The van der Waals surface area contributed by atoms with E-state index in [4.69, 9.17) is 0 Å². The maximum atomic E-state index is 10.8. The zero-order chi connectivity index (χ0) is 12.8. The molecule has 5 heteroatoms. The summed E-state index contributed by atoms with van der Waals surface area (Å²) in [4.78, 5) is 10.4. The first-order valence-corrected chi connectivity index (χ1v) is 6.30. The third kappa shape index (κ3) is 3.29. The fourth-order valence-electron chi connectivity index (χ4n) is 2.22. The van der Waals surface area contributed by atoms with E-state index in [1.54, 1.807) is 18.2 Å². The minimum atomic E-state index is -0.404. The molecule has 1 aromatic rings. The van der Waals surface area contributed by atoms with E-state index in [1.165, 1.54) is 38.2 Å². The highest BCUT2D eigenvalue weighted by Gasteiger charge is 2.12. The molecule has 5 nitrogen and oxygen atoms in total. The molecule has 0 spiro atoms. The molecule has 96 valence electrons. The second-order valence-electron chi connectivity index (χ2n) is 4.56. The van der Waals surface area contributed by atoms with E-state index in [9.17, 15) is 10.1 Å². The minimum Gasteiger partial charge on any atom is -0.272 e. The van der Waals surface area contributed by atoms with Gasteiger partial charge in [-0.2, -0.15) is 5.10 Å². The molecule has 1 aliphatic rings. The Labute approximate surface area is 106 Å². The molecule has 2 rings (SSSR count). The zero-order valence-corrected chi connectivity index (χ0v) is 10.2. The minimum absolute atomic E-state index is 0.0540. The highest BCUT2D eigenvalue weighted by molar-refractivity contribution is 5.66. The Kier molecular flexibility index (Phi) is 4.28. The number of hydrogen-bond donors (Lipinski definition) is 1. The fraction of sp³-hybridized carbons (Fsp3) is 0.462. The molecule has 0 saturated heterocycles. The highest BCUT2D eigenvalue weighted by Crippen LogP contribution is 2.24. The molecule has 18 heavy (non-hydrogen) atoms. The number of nitrogens with one attached hydrogen (secondary N) is 1. The van der Waals surface area contributed by atoms with Crippen LogP contribution in [0, 0.1) is 16.0 Å². The van der Waals surface area contributed by atoms with Crippen LogP contribution in [-0.4, -0.2) is 11.1 Å². The number of nitro groups is 1.